The molecule has 0 aromatic rings. The van der Waals surface area contributed by atoms with Crippen molar-refractivity contribution in [2.45, 2.75) is 40.2 Å². The number of nitrogens with two attached hydrogens (primary N) is 1. The highest BCUT2D eigenvalue weighted by atomic mass is 32.1. The highest BCUT2D eigenvalue weighted by molar-refractivity contribution is 7.80. The maximum absolute atomic E-state index is 11.7. The Morgan fingerprint density at radius 1 is 1.36 bits per heavy atom. The van der Waals surface area contributed by atoms with E-state index < -0.39 is 0 Å². The van der Waals surface area contributed by atoms with Gasteiger partial charge >= 0.3 is 0 Å². The molecule has 1 amide bonds. The summed E-state index contributed by atoms with van der Waals surface area (Å²) in [4.78, 5) is 13.8. The van der Waals surface area contributed by atoms with Crippen LogP contribution in [0.5, 0.6) is 0 Å². The monoisotopic (exact) mass is 216 g/mol. The van der Waals surface area contributed by atoms with Gasteiger partial charge in [0.1, 0.15) is 0 Å². The van der Waals surface area contributed by atoms with Crippen molar-refractivity contribution in [2.24, 2.45) is 11.7 Å². The summed E-state index contributed by atoms with van der Waals surface area (Å²) in [7, 11) is 0. The van der Waals surface area contributed by atoms with Crippen LogP contribution >= 0.6 is 12.2 Å². The maximum atomic E-state index is 11.7. The number of thiocarbonyl (C=S) groups is 1. The molecule has 82 valence electrons. The third-order valence-electron chi connectivity index (χ3n) is 1.85. The first kappa shape index (κ1) is 13.4. The molecule has 0 rings (SSSR count). The van der Waals surface area contributed by atoms with Crippen molar-refractivity contribution in [3.8, 4) is 0 Å². The van der Waals surface area contributed by atoms with E-state index in [1.807, 2.05) is 27.7 Å². The van der Waals surface area contributed by atoms with Crippen molar-refractivity contribution in [1.29, 1.82) is 0 Å². The predicted molar refractivity (Wildman–Crippen MR) is 63.1 cm³/mol. The Morgan fingerprint density at radius 3 is 2.14 bits per heavy atom. The van der Waals surface area contributed by atoms with Crippen molar-refractivity contribution in [3.63, 3.8) is 0 Å². The number of nitrogens with zero attached hydrogens (tertiary/aromatic N) is 1. The summed E-state index contributed by atoms with van der Waals surface area (Å²) in [5.41, 5.74) is 5.44. The van der Waals surface area contributed by atoms with Crippen LogP contribution in [-0.2, 0) is 4.79 Å². The fraction of sp³-hybridized carbons (Fsp3) is 0.800. The van der Waals surface area contributed by atoms with E-state index in [-0.39, 0.29) is 11.9 Å². The standard InChI is InChI=1S/C10H20N2OS/c1-7(2)5-10(13)12(8(3)4)6-9(11)14/h7-8H,5-6H2,1-4H3,(H2,11,14). The Labute approximate surface area is 91.6 Å². The highest BCUT2D eigenvalue weighted by Gasteiger charge is 2.18. The molecule has 3 nitrogen and oxygen atoms in total. The lowest BCUT2D eigenvalue weighted by Crippen LogP contribution is -2.42. The SMILES string of the molecule is CC(C)CC(=O)N(CC(N)=S)C(C)C. The summed E-state index contributed by atoms with van der Waals surface area (Å²) in [5, 5.41) is 0. The molecule has 0 atom stereocenters. The molecular weight excluding hydrogens is 196 g/mol. The molecule has 0 heterocycles. The van der Waals surface area contributed by atoms with E-state index in [2.05, 4.69) is 0 Å². The van der Waals surface area contributed by atoms with Gasteiger partial charge in [0, 0.05) is 12.5 Å². The van der Waals surface area contributed by atoms with Gasteiger partial charge in [-0.25, -0.2) is 0 Å². The molecule has 0 aliphatic carbocycles. The van der Waals surface area contributed by atoms with Crippen LogP contribution in [0.15, 0.2) is 0 Å². The van der Waals surface area contributed by atoms with Gasteiger partial charge in [0.15, 0.2) is 0 Å². The van der Waals surface area contributed by atoms with Crippen LogP contribution in [0.25, 0.3) is 0 Å². The third kappa shape index (κ3) is 5.17. The Morgan fingerprint density at radius 2 is 1.86 bits per heavy atom. The van der Waals surface area contributed by atoms with Gasteiger partial charge in [0.2, 0.25) is 5.91 Å². The molecular formula is C10H20N2OS. The minimum atomic E-state index is 0.128. The molecule has 0 aliphatic rings. The van der Waals surface area contributed by atoms with Crippen molar-refractivity contribution in [2.75, 3.05) is 6.54 Å². The topological polar surface area (TPSA) is 46.3 Å². The molecule has 0 saturated heterocycles. The van der Waals surface area contributed by atoms with E-state index in [1.165, 1.54) is 0 Å². The lowest BCUT2D eigenvalue weighted by molar-refractivity contribution is -0.132. The minimum Gasteiger partial charge on any atom is -0.392 e. The Balaban J connectivity index is 4.33. The molecule has 0 aromatic carbocycles. The lowest BCUT2D eigenvalue weighted by Gasteiger charge is -2.26. The summed E-state index contributed by atoms with van der Waals surface area (Å²) in [5.74, 6) is 0.498. The van der Waals surface area contributed by atoms with Crippen molar-refractivity contribution >= 4 is 23.1 Å². The zero-order valence-corrected chi connectivity index (χ0v) is 10.2. The summed E-state index contributed by atoms with van der Waals surface area (Å²) >= 11 is 4.81. The van der Waals surface area contributed by atoms with E-state index in [0.717, 1.165) is 0 Å². The predicted octanol–water partition coefficient (Wildman–Crippen LogP) is 1.56. The molecule has 14 heavy (non-hydrogen) atoms. The van der Waals surface area contributed by atoms with E-state index in [9.17, 15) is 4.79 Å². The molecule has 2 N–H and O–H groups in total. The number of carbonyl (C=O) groups excluding carboxylic acids is 1. The minimum absolute atomic E-state index is 0.128. The lowest BCUT2D eigenvalue weighted by atomic mass is 10.1. The molecule has 4 heteroatoms. The molecule has 0 spiro atoms. The van der Waals surface area contributed by atoms with Crippen molar-refractivity contribution in [3.05, 3.63) is 0 Å². The Kier molecular flexibility index (Phi) is 5.69. The van der Waals surface area contributed by atoms with Crippen molar-refractivity contribution in [1.82, 2.24) is 4.90 Å². The van der Waals surface area contributed by atoms with Crippen LogP contribution in [0.2, 0.25) is 0 Å². The second-order valence-corrected chi connectivity index (χ2v) is 4.70. The molecule has 0 unspecified atom stereocenters. The van der Waals surface area contributed by atoms with Gasteiger partial charge in [-0.2, -0.15) is 0 Å². The first-order valence-electron chi connectivity index (χ1n) is 4.92. The number of hydrogen-bond donors (Lipinski definition) is 1. The first-order valence-corrected chi connectivity index (χ1v) is 5.33. The maximum Gasteiger partial charge on any atom is 0.223 e. The smallest absolute Gasteiger partial charge is 0.223 e. The Hall–Kier alpha value is -0.640. The highest BCUT2D eigenvalue weighted by Crippen LogP contribution is 2.07. The fourth-order valence-electron chi connectivity index (χ4n) is 1.19. The van der Waals surface area contributed by atoms with Gasteiger partial charge in [-0.1, -0.05) is 26.1 Å². The van der Waals surface area contributed by atoms with Crippen LogP contribution < -0.4 is 5.73 Å². The summed E-state index contributed by atoms with van der Waals surface area (Å²) < 4.78 is 0. The fourth-order valence-corrected chi connectivity index (χ4v) is 1.33. The zero-order chi connectivity index (χ0) is 11.3. The number of carbonyl (C=O) groups is 1. The molecule has 0 aromatic heterocycles. The van der Waals surface area contributed by atoms with Crippen LogP contribution in [0.4, 0.5) is 0 Å². The molecule has 0 aliphatic heterocycles. The molecule has 0 fully saturated rings. The van der Waals surface area contributed by atoms with E-state index in [4.69, 9.17) is 18.0 Å². The normalized spacial score (nSPS) is 10.7. The number of amides is 1. The molecule has 0 bridgehead atoms. The van der Waals surface area contributed by atoms with Gasteiger partial charge in [0.05, 0.1) is 11.5 Å². The summed E-state index contributed by atoms with van der Waals surface area (Å²) in [6, 6.07) is 0.155. The first-order chi connectivity index (χ1) is 6.34. The van der Waals surface area contributed by atoms with Gasteiger partial charge in [0.25, 0.3) is 0 Å². The Bertz CT molecular complexity index is 214. The second kappa shape index (κ2) is 5.96. The average molecular weight is 216 g/mol. The van der Waals surface area contributed by atoms with Crippen LogP contribution in [0, 0.1) is 5.92 Å². The largest absolute Gasteiger partial charge is 0.392 e. The number of hydrogen-bond acceptors (Lipinski definition) is 2. The second-order valence-electron chi connectivity index (χ2n) is 4.18. The molecule has 0 saturated carbocycles. The summed E-state index contributed by atoms with van der Waals surface area (Å²) in [6.45, 7) is 8.37. The van der Waals surface area contributed by atoms with E-state index in [0.29, 0.717) is 23.9 Å². The van der Waals surface area contributed by atoms with E-state index in [1.54, 1.807) is 4.90 Å². The quantitative estimate of drug-likeness (QED) is 0.709. The average Bonchev–Trinajstić information content (AvgIpc) is 1.97. The van der Waals surface area contributed by atoms with Crippen LogP contribution in [0.1, 0.15) is 34.1 Å². The number of rotatable bonds is 5. The van der Waals surface area contributed by atoms with Crippen molar-refractivity contribution < 1.29 is 4.79 Å². The van der Waals surface area contributed by atoms with Gasteiger partial charge in [-0.3, -0.25) is 4.79 Å². The van der Waals surface area contributed by atoms with E-state index >= 15 is 0 Å². The third-order valence-corrected chi connectivity index (χ3v) is 1.98. The van der Waals surface area contributed by atoms with Crippen LogP contribution in [-0.4, -0.2) is 28.4 Å². The van der Waals surface area contributed by atoms with Gasteiger partial charge in [-0.15, -0.1) is 0 Å². The molecule has 0 radical (unpaired) electrons. The van der Waals surface area contributed by atoms with Gasteiger partial charge in [-0.05, 0) is 19.8 Å². The van der Waals surface area contributed by atoms with Gasteiger partial charge < -0.3 is 10.6 Å². The zero-order valence-electron chi connectivity index (χ0n) is 9.41. The van der Waals surface area contributed by atoms with Crippen LogP contribution in [0.3, 0.4) is 0 Å². The summed E-state index contributed by atoms with van der Waals surface area (Å²) in [6.07, 6.45) is 0.556.